The SMILES string of the molecule is CC(C)=CCC[C@@]1(C)C(=O)C2=C(C)CC[C@@H]3CC[C@H]4OC[C@H]1[C@@]234. The van der Waals surface area contributed by atoms with E-state index in [1.54, 1.807) is 0 Å². The molecule has 0 unspecified atom stereocenters. The van der Waals surface area contributed by atoms with E-state index in [2.05, 4.69) is 33.8 Å². The van der Waals surface area contributed by atoms with Crippen molar-refractivity contribution in [3.8, 4) is 0 Å². The fourth-order valence-electron chi connectivity index (χ4n) is 6.48. The summed E-state index contributed by atoms with van der Waals surface area (Å²) in [6.45, 7) is 9.55. The van der Waals surface area contributed by atoms with Gasteiger partial charge < -0.3 is 4.74 Å². The molecule has 3 fully saturated rings. The van der Waals surface area contributed by atoms with Crippen molar-refractivity contribution in [1.29, 1.82) is 0 Å². The number of carbonyl (C=O) groups is 1. The van der Waals surface area contributed by atoms with Crippen molar-refractivity contribution in [1.82, 2.24) is 0 Å². The molecular weight excluding hydrogens is 284 g/mol. The second kappa shape index (κ2) is 5.05. The van der Waals surface area contributed by atoms with Gasteiger partial charge in [0.05, 0.1) is 12.7 Å². The molecule has 0 N–H and O–H groups in total. The number of hydrogen-bond acceptors (Lipinski definition) is 2. The second-order valence-corrected chi connectivity index (χ2v) is 8.84. The molecule has 1 saturated heterocycles. The Morgan fingerprint density at radius 1 is 1.30 bits per heavy atom. The smallest absolute Gasteiger partial charge is 0.165 e. The lowest BCUT2D eigenvalue weighted by molar-refractivity contribution is -0.124. The zero-order chi connectivity index (χ0) is 16.4. The fraction of sp³-hybridized carbons (Fsp3) is 0.762. The van der Waals surface area contributed by atoms with E-state index in [1.165, 1.54) is 29.6 Å². The van der Waals surface area contributed by atoms with Gasteiger partial charge in [0.2, 0.25) is 0 Å². The Morgan fingerprint density at radius 3 is 2.83 bits per heavy atom. The van der Waals surface area contributed by atoms with Gasteiger partial charge in [-0.2, -0.15) is 0 Å². The Morgan fingerprint density at radius 2 is 2.09 bits per heavy atom. The first-order valence-corrected chi connectivity index (χ1v) is 9.42. The maximum absolute atomic E-state index is 13.5. The van der Waals surface area contributed by atoms with E-state index in [1.807, 2.05) is 0 Å². The van der Waals surface area contributed by atoms with Gasteiger partial charge in [-0.25, -0.2) is 0 Å². The lowest BCUT2D eigenvalue weighted by Gasteiger charge is -2.41. The molecule has 0 radical (unpaired) electrons. The maximum atomic E-state index is 13.5. The summed E-state index contributed by atoms with van der Waals surface area (Å²) in [5.41, 5.74) is 3.81. The quantitative estimate of drug-likeness (QED) is 0.697. The van der Waals surface area contributed by atoms with Gasteiger partial charge in [-0.3, -0.25) is 4.79 Å². The standard InChI is InChI=1S/C21H30O2/c1-13(2)6-5-11-20(4)16-12-23-17-10-9-15-8-7-14(3)18(19(20)22)21(15,16)17/h6,15-17H,5,7-12H2,1-4H3/t15-,16-,17-,20-,21+/m1/s1. The van der Waals surface area contributed by atoms with Gasteiger partial charge in [0, 0.05) is 22.3 Å². The molecule has 0 aromatic carbocycles. The highest BCUT2D eigenvalue weighted by Gasteiger charge is 2.73. The van der Waals surface area contributed by atoms with Gasteiger partial charge in [-0.15, -0.1) is 0 Å². The van der Waals surface area contributed by atoms with Crippen LogP contribution in [0.15, 0.2) is 22.8 Å². The third kappa shape index (κ3) is 1.82. The van der Waals surface area contributed by atoms with Crippen LogP contribution in [0.25, 0.3) is 0 Å². The highest BCUT2D eigenvalue weighted by Crippen LogP contribution is 2.72. The van der Waals surface area contributed by atoms with Gasteiger partial charge in [-0.05, 0) is 65.2 Å². The molecule has 1 spiro atoms. The number of rotatable bonds is 3. The lowest BCUT2D eigenvalue weighted by atomic mass is 9.60. The summed E-state index contributed by atoms with van der Waals surface area (Å²) >= 11 is 0. The van der Waals surface area contributed by atoms with Crippen LogP contribution in [0.5, 0.6) is 0 Å². The van der Waals surface area contributed by atoms with Gasteiger partial charge in [0.1, 0.15) is 0 Å². The molecule has 1 aliphatic heterocycles. The number of ether oxygens (including phenoxy) is 1. The minimum absolute atomic E-state index is 0.0825. The Kier molecular flexibility index (Phi) is 3.43. The van der Waals surface area contributed by atoms with E-state index in [9.17, 15) is 4.79 Å². The van der Waals surface area contributed by atoms with Crippen LogP contribution in [-0.2, 0) is 9.53 Å². The van der Waals surface area contributed by atoms with Crippen LogP contribution < -0.4 is 0 Å². The highest BCUT2D eigenvalue weighted by molar-refractivity contribution is 6.05. The summed E-state index contributed by atoms with van der Waals surface area (Å²) in [6, 6.07) is 0. The molecule has 4 aliphatic rings. The molecular formula is C21H30O2. The van der Waals surface area contributed by atoms with Crippen LogP contribution >= 0.6 is 0 Å². The first-order chi connectivity index (χ1) is 10.9. The van der Waals surface area contributed by atoms with Crippen molar-refractivity contribution >= 4 is 5.78 Å². The van der Waals surface area contributed by atoms with Crippen molar-refractivity contribution in [2.24, 2.45) is 22.7 Å². The predicted molar refractivity (Wildman–Crippen MR) is 92.1 cm³/mol. The molecule has 2 saturated carbocycles. The highest BCUT2D eigenvalue weighted by atomic mass is 16.5. The minimum Gasteiger partial charge on any atom is -0.377 e. The number of hydrogen-bond donors (Lipinski definition) is 0. The third-order valence-electron chi connectivity index (χ3n) is 7.49. The lowest BCUT2D eigenvalue weighted by Crippen LogP contribution is -2.41. The summed E-state index contributed by atoms with van der Waals surface area (Å²) in [6.07, 6.45) is 9.41. The molecule has 5 atom stereocenters. The van der Waals surface area contributed by atoms with E-state index in [4.69, 9.17) is 4.74 Å². The third-order valence-corrected chi connectivity index (χ3v) is 7.49. The van der Waals surface area contributed by atoms with Crippen LogP contribution in [0.3, 0.4) is 0 Å². The molecule has 0 aromatic rings. The molecule has 126 valence electrons. The monoisotopic (exact) mass is 314 g/mol. The Hall–Kier alpha value is -0.890. The van der Waals surface area contributed by atoms with Gasteiger partial charge >= 0.3 is 0 Å². The minimum atomic E-state index is -0.218. The topological polar surface area (TPSA) is 26.3 Å². The zero-order valence-electron chi connectivity index (χ0n) is 15.1. The molecule has 2 heteroatoms. The van der Waals surface area contributed by atoms with E-state index in [0.717, 1.165) is 32.3 Å². The van der Waals surface area contributed by atoms with E-state index < -0.39 is 0 Å². The van der Waals surface area contributed by atoms with Gasteiger partial charge in [0.15, 0.2) is 5.78 Å². The second-order valence-electron chi connectivity index (χ2n) is 8.84. The van der Waals surface area contributed by atoms with E-state index >= 15 is 0 Å². The molecule has 4 rings (SSSR count). The van der Waals surface area contributed by atoms with Crippen molar-refractivity contribution in [2.45, 2.75) is 72.3 Å². The van der Waals surface area contributed by atoms with Crippen molar-refractivity contribution in [3.05, 3.63) is 22.8 Å². The fourth-order valence-corrected chi connectivity index (χ4v) is 6.48. The molecule has 0 amide bonds. The van der Waals surface area contributed by atoms with Gasteiger partial charge in [0.25, 0.3) is 0 Å². The average Bonchev–Trinajstić information content (AvgIpc) is 3.06. The molecule has 2 nitrogen and oxygen atoms in total. The normalized spacial score (nSPS) is 44.5. The first kappa shape index (κ1) is 15.6. The van der Waals surface area contributed by atoms with E-state index in [0.29, 0.717) is 23.7 Å². The Balaban J connectivity index is 1.79. The largest absolute Gasteiger partial charge is 0.377 e. The van der Waals surface area contributed by atoms with Crippen molar-refractivity contribution < 1.29 is 9.53 Å². The number of allylic oxidation sites excluding steroid dienone is 3. The predicted octanol–water partition coefficient (Wildman–Crippen LogP) is 4.84. The molecule has 0 aromatic heterocycles. The van der Waals surface area contributed by atoms with Crippen LogP contribution in [0.4, 0.5) is 0 Å². The summed E-state index contributed by atoms with van der Waals surface area (Å²) < 4.78 is 6.29. The average molecular weight is 314 g/mol. The molecule has 0 bridgehead atoms. The zero-order valence-corrected chi connectivity index (χ0v) is 15.1. The van der Waals surface area contributed by atoms with Crippen molar-refractivity contribution in [3.63, 3.8) is 0 Å². The number of carbonyl (C=O) groups excluding carboxylic acids is 1. The summed E-state index contributed by atoms with van der Waals surface area (Å²) in [4.78, 5) is 13.5. The van der Waals surface area contributed by atoms with E-state index in [-0.39, 0.29) is 10.8 Å². The Bertz CT molecular complexity index is 609. The van der Waals surface area contributed by atoms with Crippen LogP contribution in [-0.4, -0.2) is 18.5 Å². The molecule has 3 aliphatic carbocycles. The van der Waals surface area contributed by atoms with Crippen LogP contribution in [0, 0.1) is 22.7 Å². The summed E-state index contributed by atoms with van der Waals surface area (Å²) in [7, 11) is 0. The summed E-state index contributed by atoms with van der Waals surface area (Å²) in [5.74, 6) is 1.57. The first-order valence-electron chi connectivity index (χ1n) is 9.42. The van der Waals surface area contributed by atoms with Crippen LogP contribution in [0.1, 0.15) is 66.2 Å². The summed E-state index contributed by atoms with van der Waals surface area (Å²) in [5, 5.41) is 0. The Labute approximate surface area is 140 Å². The van der Waals surface area contributed by atoms with Gasteiger partial charge in [-0.1, -0.05) is 24.1 Å². The van der Waals surface area contributed by atoms with Crippen molar-refractivity contribution in [2.75, 3.05) is 6.61 Å². The van der Waals surface area contributed by atoms with Crippen LogP contribution in [0.2, 0.25) is 0 Å². The number of Topliss-reactive ketones (excluding diaryl/α,β-unsaturated/α-hetero) is 1. The maximum Gasteiger partial charge on any atom is 0.165 e. The number of ketones is 1. The molecule has 1 heterocycles. The molecule has 23 heavy (non-hydrogen) atoms.